The molecule has 0 bridgehead atoms. The van der Waals surface area contributed by atoms with Crippen LogP contribution in [0.3, 0.4) is 0 Å². The van der Waals surface area contributed by atoms with Gasteiger partial charge in [-0.2, -0.15) is 0 Å². The number of carbonyl (C=O) groups excluding carboxylic acids is 1. The highest BCUT2D eigenvalue weighted by molar-refractivity contribution is 6.39. The Hall–Kier alpha value is -3.39. The van der Waals surface area contributed by atoms with Crippen molar-refractivity contribution in [3.05, 3.63) is 92.6 Å². The molecule has 3 aromatic carbocycles. The van der Waals surface area contributed by atoms with Gasteiger partial charge in [-0.3, -0.25) is 0 Å². The lowest BCUT2D eigenvalue weighted by atomic mass is 10.0. The van der Waals surface area contributed by atoms with E-state index in [0.29, 0.717) is 37.6 Å². The minimum absolute atomic E-state index is 0.0894. The molecule has 41 heavy (non-hydrogen) atoms. The topological polar surface area (TPSA) is 68.0 Å². The number of carbonyl (C=O) groups is 1. The molecule has 0 amide bonds. The molecule has 0 aliphatic carbocycles. The lowest BCUT2D eigenvalue weighted by Crippen LogP contribution is -2.46. The van der Waals surface area contributed by atoms with E-state index >= 15 is 0 Å². The van der Waals surface area contributed by atoms with E-state index in [-0.39, 0.29) is 18.5 Å². The summed E-state index contributed by atoms with van der Waals surface area (Å²) < 4.78 is 16.7. The maximum atomic E-state index is 11.7. The Morgan fingerprint density at radius 1 is 0.927 bits per heavy atom. The van der Waals surface area contributed by atoms with Crippen LogP contribution in [0.2, 0.25) is 15.1 Å². The van der Waals surface area contributed by atoms with Gasteiger partial charge in [-0.25, -0.2) is 4.79 Å². The third-order valence-corrected chi connectivity index (χ3v) is 8.05. The molecule has 5 rings (SSSR count). The Kier molecular flexibility index (Phi) is 8.97. The first-order chi connectivity index (χ1) is 19.8. The van der Waals surface area contributed by atoms with E-state index in [4.69, 9.17) is 48.8 Å². The van der Waals surface area contributed by atoms with Crippen molar-refractivity contribution in [2.24, 2.45) is 0 Å². The highest BCUT2D eigenvalue weighted by Gasteiger charge is 2.24. The van der Waals surface area contributed by atoms with Crippen molar-refractivity contribution >= 4 is 52.1 Å². The minimum atomic E-state index is -0.337. The molecule has 7 nitrogen and oxygen atoms in total. The minimum Gasteiger partial charge on any atom is -0.489 e. The van der Waals surface area contributed by atoms with E-state index in [1.807, 2.05) is 44.2 Å². The normalized spacial score (nSPS) is 13.5. The summed E-state index contributed by atoms with van der Waals surface area (Å²) in [7, 11) is 1.38. The zero-order valence-electron chi connectivity index (χ0n) is 23.0. The standard InChI is InChI=1S/C31H30Cl3N3O4/c1-19(2)30-23(29(35-41-30)28-24(32)5-4-6-25(28)33)18-40-22-11-12-27(26(34)17-22)37-15-13-36(14-16-37)21-9-7-20(8-10-21)31(38)39-3/h4-12,17,19H,13-16,18H2,1-3H3. The maximum absolute atomic E-state index is 11.7. The largest absolute Gasteiger partial charge is 0.489 e. The average Bonchev–Trinajstić information content (AvgIpc) is 3.39. The molecular formula is C31H30Cl3N3O4. The van der Waals surface area contributed by atoms with Crippen molar-refractivity contribution in [3.8, 4) is 17.0 Å². The monoisotopic (exact) mass is 613 g/mol. The zero-order valence-corrected chi connectivity index (χ0v) is 25.3. The molecule has 1 aliphatic rings. The number of halogens is 3. The number of methoxy groups -OCH3 is 1. The van der Waals surface area contributed by atoms with Gasteiger partial charge in [0.15, 0.2) is 0 Å². The third-order valence-electron chi connectivity index (χ3n) is 7.12. The molecule has 1 saturated heterocycles. The number of benzene rings is 3. The smallest absolute Gasteiger partial charge is 0.337 e. The van der Waals surface area contributed by atoms with E-state index < -0.39 is 0 Å². The second-order valence-electron chi connectivity index (χ2n) is 10.0. The van der Waals surface area contributed by atoms with Gasteiger partial charge in [0.1, 0.15) is 23.8 Å². The fourth-order valence-corrected chi connectivity index (χ4v) is 5.82. The number of ether oxygens (including phenoxy) is 2. The van der Waals surface area contributed by atoms with Crippen LogP contribution in [0.5, 0.6) is 5.75 Å². The van der Waals surface area contributed by atoms with Crippen LogP contribution in [0.15, 0.2) is 65.2 Å². The molecule has 0 spiro atoms. The van der Waals surface area contributed by atoms with Crippen LogP contribution in [0.1, 0.15) is 41.4 Å². The summed E-state index contributed by atoms with van der Waals surface area (Å²) in [5, 5.41) is 5.90. The summed E-state index contributed by atoms with van der Waals surface area (Å²) in [5.74, 6) is 1.11. The highest BCUT2D eigenvalue weighted by atomic mass is 35.5. The summed E-state index contributed by atoms with van der Waals surface area (Å²) in [5.41, 5.74) is 4.56. The summed E-state index contributed by atoms with van der Waals surface area (Å²) in [4.78, 5) is 16.3. The van der Waals surface area contributed by atoms with Crippen LogP contribution >= 0.6 is 34.8 Å². The number of nitrogens with zero attached hydrogens (tertiary/aromatic N) is 3. The van der Waals surface area contributed by atoms with Gasteiger partial charge in [-0.05, 0) is 48.5 Å². The van der Waals surface area contributed by atoms with Crippen molar-refractivity contribution in [2.75, 3.05) is 43.1 Å². The Morgan fingerprint density at radius 3 is 2.20 bits per heavy atom. The number of esters is 1. The van der Waals surface area contributed by atoms with Crippen LogP contribution in [0, 0.1) is 0 Å². The predicted octanol–water partition coefficient (Wildman–Crippen LogP) is 8.12. The van der Waals surface area contributed by atoms with Gasteiger partial charge in [-0.15, -0.1) is 0 Å². The summed E-state index contributed by atoms with van der Waals surface area (Å²) in [6.07, 6.45) is 0. The van der Waals surface area contributed by atoms with Crippen LogP contribution in [0.4, 0.5) is 11.4 Å². The number of anilines is 2. The molecular weight excluding hydrogens is 585 g/mol. The summed E-state index contributed by atoms with van der Waals surface area (Å²) >= 11 is 19.7. The molecule has 0 N–H and O–H groups in total. The van der Waals surface area contributed by atoms with E-state index in [9.17, 15) is 4.79 Å². The average molecular weight is 615 g/mol. The fourth-order valence-electron chi connectivity index (χ4n) is 4.96. The summed E-state index contributed by atoms with van der Waals surface area (Å²) in [6, 6.07) is 18.6. The molecule has 0 unspecified atom stereocenters. The van der Waals surface area contributed by atoms with Gasteiger partial charge >= 0.3 is 5.97 Å². The first-order valence-electron chi connectivity index (χ1n) is 13.3. The predicted molar refractivity (Wildman–Crippen MR) is 164 cm³/mol. The van der Waals surface area contributed by atoms with Gasteiger partial charge in [0.2, 0.25) is 0 Å². The number of aromatic nitrogens is 1. The van der Waals surface area contributed by atoms with Crippen LogP contribution in [-0.4, -0.2) is 44.4 Å². The summed E-state index contributed by atoms with van der Waals surface area (Å²) in [6.45, 7) is 7.54. The molecule has 4 aromatic rings. The van der Waals surface area contributed by atoms with Gasteiger partial charge in [0.25, 0.3) is 0 Å². The number of rotatable bonds is 8. The first-order valence-corrected chi connectivity index (χ1v) is 14.4. The Labute approximate surface area is 254 Å². The van der Waals surface area contributed by atoms with Crippen molar-refractivity contribution in [3.63, 3.8) is 0 Å². The second-order valence-corrected chi connectivity index (χ2v) is 11.3. The number of piperazine rings is 1. The zero-order chi connectivity index (χ0) is 29.1. The first kappa shape index (κ1) is 29.1. The highest BCUT2D eigenvalue weighted by Crippen LogP contribution is 2.39. The van der Waals surface area contributed by atoms with E-state index in [0.717, 1.165) is 48.9 Å². The quantitative estimate of drug-likeness (QED) is 0.186. The van der Waals surface area contributed by atoms with Crippen LogP contribution in [-0.2, 0) is 11.3 Å². The van der Waals surface area contributed by atoms with E-state index in [2.05, 4.69) is 15.0 Å². The fraction of sp³-hybridized carbons (Fsp3) is 0.290. The third kappa shape index (κ3) is 6.27. The molecule has 2 heterocycles. The molecule has 214 valence electrons. The Balaban J connectivity index is 1.26. The molecule has 1 aliphatic heterocycles. The number of hydrogen-bond acceptors (Lipinski definition) is 7. The molecule has 0 radical (unpaired) electrons. The second kappa shape index (κ2) is 12.6. The maximum Gasteiger partial charge on any atom is 0.337 e. The SMILES string of the molecule is COC(=O)c1ccc(N2CCN(c3ccc(OCc4c(-c5c(Cl)cccc5Cl)noc4C(C)C)cc3Cl)CC2)cc1. The van der Waals surface area contributed by atoms with Crippen molar-refractivity contribution < 1.29 is 18.8 Å². The lowest BCUT2D eigenvalue weighted by Gasteiger charge is -2.37. The van der Waals surface area contributed by atoms with Crippen molar-refractivity contribution in [1.82, 2.24) is 5.16 Å². The van der Waals surface area contributed by atoms with Crippen LogP contribution in [0.25, 0.3) is 11.3 Å². The molecule has 1 aromatic heterocycles. The molecule has 0 atom stereocenters. The van der Waals surface area contributed by atoms with Gasteiger partial charge < -0.3 is 23.8 Å². The molecule has 0 saturated carbocycles. The molecule has 10 heteroatoms. The Bertz CT molecular complexity index is 1510. The van der Waals surface area contributed by atoms with Crippen molar-refractivity contribution in [1.29, 1.82) is 0 Å². The molecule has 1 fully saturated rings. The van der Waals surface area contributed by atoms with E-state index in [1.54, 1.807) is 30.3 Å². The van der Waals surface area contributed by atoms with E-state index in [1.165, 1.54) is 7.11 Å². The van der Waals surface area contributed by atoms with Gasteiger partial charge in [0.05, 0.1) is 39.0 Å². The van der Waals surface area contributed by atoms with Gasteiger partial charge in [0, 0.05) is 49.4 Å². The Morgan fingerprint density at radius 2 is 1.59 bits per heavy atom. The van der Waals surface area contributed by atoms with Crippen LogP contribution < -0.4 is 14.5 Å². The van der Waals surface area contributed by atoms with Gasteiger partial charge in [-0.1, -0.05) is 59.9 Å². The lowest BCUT2D eigenvalue weighted by molar-refractivity contribution is 0.0600. The van der Waals surface area contributed by atoms with Crippen molar-refractivity contribution in [2.45, 2.75) is 26.4 Å². The number of hydrogen-bond donors (Lipinski definition) is 0.